The Hall–Kier alpha value is -2.82. The van der Waals surface area contributed by atoms with Crippen LogP contribution < -0.4 is 22.1 Å². The van der Waals surface area contributed by atoms with E-state index in [0.29, 0.717) is 12.8 Å². The van der Waals surface area contributed by atoms with E-state index in [2.05, 4.69) is 22.5 Å². The molecule has 0 bridgehead atoms. The van der Waals surface area contributed by atoms with E-state index < -0.39 is 42.2 Å². The zero-order valence-corrected chi connectivity index (χ0v) is 30.1. The number of hydrogen-bond donors (Lipinski definition) is 5. The molecule has 0 aromatic heterocycles. The summed E-state index contributed by atoms with van der Waals surface area (Å²) >= 11 is 0. The van der Waals surface area contributed by atoms with Crippen LogP contribution in [0.5, 0.6) is 0 Å². The zero-order valence-electron chi connectivity index (χ0n) is 30.1. The Kier molecular flexibility index (Phi) is 25.5. The van der Waals surface area contributed by atoms with Gasteiger partial charge in [0, 0.05) is 37.6 Å². The number of carbonyl (C=O) groups excluding carboxylic acids is 5. The van der Waals surface area contributed by atoms with Crippen molar-refractivity contribution >= 4 is 35.1 Å². The summed E-state index contributed by atoms with van der Waals surface area (Å²) < 4.78 is 0. The topological polar surface area (TPSA) is 194 Å². The van der Waals surface area contributed by atoms with E-state index in [0.717, 1.165) is 19.3 Å². The van der Waals surface area contributed by atoms with E-state index in [1.807, 2.05) is 13.8 Å². The number of aliphatic hydroxyl groups excluding tert-OH is 1. The maximum Gasteiger partial charge on any atom is 0.224 e. The molecule has 0 aromatic rings. The van der Waals surface area contributed by atoms with Gasteiger partial charge in [0.05, 0.1) is 12.6 Å². The van der Waals surface area contributed by atoms with Crippen molar-refractivity contribution in [2.75, 3.05) is 13.2 Å². The van der Waals surface area contributed by atoms with Gasteiger partial charge in [-0.05, 0) is 32.1 Å². The second kappa shape index (κ2) is 27.2. The van der Waals surface area contributed by atoms with Crippen molar-refractivity contribution in [1.29, 1.82) is 0 Å². The van der Waals surface area contributed by atoms with Crippen LogP contribution in [0.15, 0.2) is 4.99 Å². The summed E-state index contributed by atoms with van der Waals surface area (Å²) in [5.74, 6) is -3.30. The molecular formula is C36H67N5O6. The van der Waals surface area contributed by atoms with Crippen LogP contribution in [0.1, 0.15) is 150 Å². The number of nitrogens with zero attached hydrogens (tertiary/aromatic N) is 1. The number of ketones is 3. The molecule has 0 rings (SSSR count). The fourth-order valence-corrected chi connectivity index (χ4v) is 5.51. The third-order valence-corrected chi connectivity index (χ3v) is 8.75. The number of aliphatic hydroxyl groups is 1. The average Bonchev–Trinajstić information content (AvgIpc) is 3.01. The standard InChI is InChI=1S/C36H67N5O6/c1-6-7-8-9-10-11-12-13-14-15-16-17-18-21-33(46)41-34(26(2)3)32(45)24-29(20-19-22-39-36(37)38)35(47)40-30(25-42)31(44)23-27(4)28(5)43/h26-27,29-30,34,42H,6-25H2,1-5H3,(H,40,47)(H,41,46)(H4,37,38,39)/t27-,29-,30+,34+/m1/s1. The van der Waals surface area contributed by atoms with E-state index in [1.54, 1.807) is 6.92 Å². The number of hydrogen-bond acceptors (Lipinski definition) is 7. The molecule has 0 radical (unpaired) electrons. The fourth-order valence-electron chi connectivity index (χ4n) is 5.51. The summed E-state index contributed by atoms with van der Waals surface area (Å²) in [5, 5.41) is 15.3. The lowest BCUT2D eigenvalue weighted by Gasteiger charge is -2.25. The summed E-state index contributed by atoms with van der Waals surface area (Å²) in [6.07, 6.45) is 16.5. The van der Waals surface area contributed by atoms with Gasteiger partial charge in [-0.15, -0.1) is 0 Å². The van der Waals surface area contributed by atoms with Crippen molar-refractivity contribution in [2.24, 2.45) is 34.2 Å². The largest absolute Gasteiger partial charge is 0.394 e. The number of aliphatic imine (C=N–C) groups is 1. The summed E-state index contributed by atoms with van der Waals surface area (Å²) in [5.41, 5.74) is 10.8. The van der Waals surface area contributed by atoms with E-state index in [4.69, 9.17) is 11.5 Å². The molecule has 0 aliphatic carbocycles. The molecule has 11 heteroatoms. The van der Waals surface area contributed by atoms with Gasteiger partial charge in [0.15, 0.2) is 17.5 Å². The quantitative estimate of drug-likeness (QED) is 0.0406. The Morgan fingerprint density at radius 2 is 1.26 bits per heavy atom. The van der Waals surface area contributed by atoms with Gasteiger partial charge in [0.25, 0.3) is 0 Å². The number of nitrogens with one attached hydrogen (secondary N) is 2. The zero-order chi connectivity index (χ0) is 35.6. The molecule has 272 valence electrons. The minimum atomic E-state index is -1.19. The van der Waals surface area contributed by atoms with E-state index >= 15 is 0 Å². The van der Waals surface area contributed by atoms with Gasteiger partial charge in [-0.2, -0.15) is 0 Å². The molecule has 0 saturated carbocycles. The first kappa shape index (κ1) is 44.2. The molecule has 0 fully saturated rings. The first-order valence-corrected chi connectivity index (χ1v) is 18.2. The molecule has 0 unspecified atom stereocenters. The minimum Gasteiger partial charge on any atom is -0.394 e. The van der Waals surface area contributed by atoms with Crippen LogP contribution in [0.25, 0.3) is 0 Å². The third kappa shape index (κ3) is 22.4. The maximum atomic E-state index is 13.5. The lowest BCUT2D eigenvalue weighted by atomic mass is 9.89. The van der Waals surface area contributed by atoms with Gasteiger partial charge in [0.2, 0.25) is 11.8 Å². The van der Waals surface area contributed by atoms with Crippen LogP contribution in [0.3, 0.4) is 0 Å². The van der Waals surface area contributed by atoms with Gasteiger partial charge in [-0.25, -0.2) is 0 Å². The minimum absolute atomic E-state index is 0.0845. The Labute approximate surface area is 284 Å². The number of Topliss-reactive ketones (excluding diaryl/α,β-unsaturated/α-hetero) is 3. The highest BCUT2D eigenvalue weighted by atomic mass is 16.3. The Bertz CT molecular complexity index is 950. The molecule has 11 nitrogen and oxygen atoms in total. The van der Waals surface area contributed by atoms with Gasteiger partial charge >= 0.3 is 0 Å². The molecule has 4 atom stereocenters. The Morgan fingerprint density at radius 1 is 0.723 bits per heavy atom. The SMILES string of the molecule is CCCCCCCCCCCCCCCC(=O)N[C@H](C(=O)C[C@@H](CCCN=C(N)N)C(=O)N[C@@H](CO)C(=O)C[C@@H](C)C(C)=O)C(C)C. The molecule has 0 aliphatic heterocycles. The van der Waals surface area contributed by atoms with Gasteiger partial charge in [0.1, 0.15) is 11.8 Å². The van der Waals surface area contributed by atoms with Gasteiger partial charge in [-0.1, -0.05) is 105 Å². The average molecular weight is 666 g/mol. The molecule has 0 spiro atoms. The predicted molar refractivity (Wildman–Crippen MR) is 189 cm³/mol. The highest BCUT2D eigenvalue weighted by Gasteiger charge is 2.31. The fraction of sp³-hybridized carbons (Fsp3) is 0.833. The van der Waals surface area contributed by atoms with E-state index in [1.165, 1.54) is 71.1 Å². The molecule has 0 heterocycles. The normalized spacial score (nSPS) is 13.8. The molecule has 47 heavy (non-hydrogen) atoms. The van der Waals surface area contributed by atoms with Crippen LogP contribution in [0.4, 0.5) is 0 Å². The Balaban J connectivity index is 4.96. The van der Waals surface area contributed by atoms with E-state index in [9.17, 15) is 29.1 Å². The summed E-state index contributed by atoms with van der Waals surface area (Å²) in [6, 6.07) is -1.95. The maximum absolute atomic E-state index is 13.5. The number of unbranched alkanes of at least 4 members (excludes halogenated alkanes) is 12. The lowest BCUT2D eigenvalue weighted by Crippen LogP contribution is -2.48. The Morgan fingerprint density at radius 3 is 1.72 bits per heavy atom. The molecular weight excluding hydrogens is 598 g/mol. The third-order valence-electron chi connectivity index (χ3n) is 8.75. The van der Waals surface area contributed by atoms with Gasteiger partial charge in [-0.3, -0.25) is 29.0 Å². The number of nitrogens with two attached hydrogens (primary N) is 2. The van der Waals surface area contributed by atoms with Crippen LogP contribution in [-0.4, -0.2) is 65.5 Å². The molecule has 0 aromatic carbocycles. The van der Waals surface area contributed by atoms with Crippen LogP contribution in [0, 0.1) is 17.8 Å². The first-order chi connectivity index (χ1) is 22.3. The number of carbonyl (C=O) groups is 5. The predicted octanol–water partition coefficient (Wildman–Crippen LogP) is 4.90. The van der Waals surface area contributed by atoms with Crippen molar-refractivity contribution in [3.8, 4) is 0 Å². The number of guanidine groups is 1. The van der Waals surface area contributed by atoms with Crippen molar-refractivity contribution in [3.05, 3.63) is 0 Å². The van der Waals surface area contributed by atoms with Crippen molar-refractivity contribution < 1.29 is 29.1 Å². The molecule has 7 N–H and O–H groups in total. The second-order valence-electron chi connectivity index (χ2n) is 13.5. The van der Waals surface area contributed by atoms with E-state index in [-0.39, 0.29) is 55.2 Å². The molecule has 2 amide bonds. The smallest absolute Gasteiger partial charge is 0.224 e. The van der Waals surface area contributed by atoms with Crippen LogP contribution >= 0.6 is 0 Å². The monoisotopic (exact) mass is 666 g/mol. The number of amides is 2. The highest BCUT2D eigenvalue weighted by molar-refractivity contribution is 5.95. The number of rotatable bonds is 30. The summed E-state index contributed by atoms with van der Waals surface area (Å²) in [4.78, 5) is 67.8. The van der Waals surface area contributed by atoms with Crippen molar-refractivity contribution in [3.63, 3.8) is 0 Å². The first-order valence-electron chi connectivity index (χ1n) is 18.2. The molecule has 0 saturated heterocycles. The van der Waals surface area contributed by atoms with Crippen LogP contribution in [-0.2, 0) is 24.0 Å². The summed E-state index contributed by atoms with van der Waals surface area (Å²) in [6.45, 7) is 8.54. The van der Waals surface area contributed by atoms with Crippen molar-refractivity contribution in [2.45, 2.75) is 162 Å². The second-order valence-corrected chi connectivity index (χ2v) is 13.5. The highest BCUT2D eigenvalue weighted by Crippen LogP contribution is 2.18. The van der Waals surface area contributed by atoms with Crippen molar-refractivity contribution in [1.82, 2.24) is 10.6 Å². The van der Waals surface area contributed by atoms with Gasteiger partial charge < -0.3 is 27.2 Å². The summed E-state index contributed by atoms with van der Waals surface area (Å²) in [7, 11) is 0. The lowest BCUT2D eigenvalue weighted by molar-refractivity contribution is -0.135. The molecule has 0 aliphatic rings. The van der Waals surface area contributed by atoms with Crippen LogP contribution in [0.2, 0.25) is 0 Å².